The standard InChI is InChI=1S/C20H18ClFN2O/c21-20-10-18(22)6-5-17(20)14-25-19-7-3-15(4-8-19)11-24-13-16-2-1-9-23-12-16/h1-10,12,24H,11,13-14H2. The van der Waals surface area contributed by atoms with Crippen LogP contribution in [0.3, 0.4) is 0 Å². The third-order valence-electron chi connectivity index (χ3n) is 3.71. The van der Waals surface area contributed by atoms with Crippen molar-refractivity contribution in [2.24, 2.45) is 0 Å². The van der Waals surface area contributed by atoms with Gasteiger partial charge in [-0.2, -0.15) is 0 Å². The van der Waals surface area contributed by atoms with Crippen molar-refractivity contribution in [3.8, 4) is 5.75 Å². The van der Waals surface area contributed by atoms with Crippen molar-refractivity contribution in [2.75, 3.05) is 0 Å². The van der Waals surface area contributed by atoms with E-state index in [1.165, 1.54) is 12.1 Å². The van der Waals surface area contributed by atoms with Gasteiger partial charge in [0.15, 0.2) is 0 Å². The molecule has 0 bridgehead atoms. The molecule has 1 N–H and O–H groups in total. The Labute approximate surface area is 151 Å². The Balaban J connectivity index is 1.48. The van der Waals surface area contributed by atoms with Gasteiger partial charge in [-0.05, 0) is 41.5 Å². The summed E-state index contributed by atoms with van der Waals surface area (Å²) in [4.78, 5) is 4.09. The molecule has 5 heteroatoms. The largest absolute Gasteiger partial charge is 0.489 e. The number of pyridine rings is 1. The zero-order valence-corrected chi connectivity index (χ0v) is 14.3. The van der Waals surface area contributed by atoms with Crippen molar-refractivity contribution in [1.29, 1.82) is 0 Å². The van der Waals surface area contributed by atoms with Gasteiger partial charge < -0.3 is 10.1 Å². The van der Waals surface area contributed by atoms with E-state index < -0.39 is 0 Å². The van der Waals surface area contributed by atoms with Crippen LogP contribution >= 0.6 is 11.6 Å². The molecule has 0 amide bonds. The predicted octanol–water partition coefficient (Wildman–Crippen LogP) is 4.74. The fourth-order valence-corrected chi connectivity index (χ4v) is 2.58. The smallest absolute Gasteiger partial charge is 0.124 e. The van der Waals surface area contributed by atoms with Gasteiger partial charge in [0.2, 0.25) is 0 Å². The maximum Gasteiger partial charge on any atom is 0.124 e. The van der Waals surface area contributed by atoms with E-state index in [0.29, 0.717) is 11.6 Å². The molecule has 1 aromatic heterocycles. The lowest BCUT2D eigenvalue weighted by atomic mass is 10.2. The first kappa shape index (κ1) is 17.4. The summed E-state index contributed by atoms with van der Waals surface area (Å²) in [7, 11) is 0. The molecule has 3 aromatic rings. The molecule has 0 saturated heterocycles. The molecule has 0 spiro atoms. The highest BCUT2D eigenvalue weighted by atomic mass is 35.5. The number of hydrogen-bond acceptors (Lipinski definition) is 3. The number of aromatic nitrogens is 1. The van der Waals surface area contributed by atoms with Crippen LogP contribution in [0.4, 0.5) is 4.39 Å². The van der Waals surface area contributed by atoms with Gasteiger partial charge >= 0.3 is 0 Å². The zero-order valence-electron chi connectivity index (χ0n) is 13.6. The molecule has 0 radical (unpaired) electrons. The molecule has 0 atom stereocenters. The van der Waals surface area contributed by atoms with Crippen molar-refractivity contribution in [1.82, 2.24) is 10.3 Å². The lowest BCUT2D eigenvalue weighted by Crippen LogP contribution is -2.12. The van der Waals surface area contributed by atoms with E-state index >= 15 is 0 Å². The number of ether oxygens (including phenoxy) is 1. The summed E-state index contributed by atoms with van der Waals surface area (Å²) >= 11 is 6.00. The highest BCUT2D eigenvalue weighted by molar-refractivity contribution is 6.31. The maximum atomic E-state index is 13.0. The van der Waals surface area contributed by atoms with E-state index in [4.69, 9.17) is 16.3 Å². The quantitative estimate of drug-likeness (QED) is 0.663. The lowest BCUT2D eigenvalue weighted by Gasteiger charge is -2.09. The Morgan fingerprint density at radius 3 is 2.52 bits per heavy atom. The van der Waals surface area contributed by atoms with Crippen LogP contribution in [0.25, 0.3) is 0 Å². The SMILES string of the molecule is Fc1ccc(COc2ccc(CNCc3cccnc3)cc2)c(Cl)c1. The number of halogens is 2. The van der Waals surface area contributed by atoms with Gasteiger partial charge in [0.05, 0.1) is 5.02 Å². The van der Waals surface area contributed by atoms with E-state index in [1.807, 2.05) is 42.6 Å². The van der Waals surface area contributed by atoms with Gasteiger partial charge in [-0.1, -0.05) is 35.9 Å². The molecular formula is C20H18ClFN2O. The molecule has 128 valence electrons. The fraction of sp³-hybridized carbons (Fsp3) is 0.150. The first-order valence-corrected chi connectivity index (χ1v) is 8.34. The third-order valence-corrected chi connectivity index (χ3v) is 4.07. The molecule has 0 aliphatic rings. The summed E-state index contributed by atoms with van der Waals surface area (Å²) in [6.07, 6.45) is 3.62. The summed E-state index contributed by atoms with van der Waals surface area (Å²) in [5.74, 6) is 0.397. The minimum atomic E-state index is -0.350. The summed E-state index contributed by atoms with van der Waals surface area (Å²) < 4.78 is 18.7. The van der Waals surface area contributed by atoms with Crippen LogP contribution in [0.15, 0.2) is 67.0 Å². The van der Waals surface area contributed by atoms with E-state index in [-0.39, 0.29) is 5.82 Å². The number of benzene rings is 2. The van der Waals surface area contributed by atoms with Gasteiger partial charge in [0.25, 0.3) is 0 Å². The third kappa shape index (κ3) is 5.28. The van der Waals surface area contributed by atoms with Crippen molar-refractivity contribution in [3.63, 3.8) is 0 Å². The van der Waals surface area contributed by atoms with Crippen LogP contribution in [0, 0.1) is 5.82 Å². The van der Waals surface area contributed by atoms with Crippen LogP contribution in [0.5, 0.6) is 5.75 Å². The summed E-state index contributed by atoms with van der Waals surface area (Å²) in [6, 6.07) is 16.1. The Morgan fingerprint density at radius 1 is 1.00 bits per heavy atom. The zero-order chi connectivity index (χ0) is 17.5. The van der Waals surface area contributed by atoms with Crippen molar-refractivity contribution < 1.29 is 9.13 Å². The topological polar surface area (TPSA) is 34.1 Å². The second-order valence-corrected chi connectivity index (χ2v) is 6.04. The number of rotatable bonds is 7. The van der Waals surface area contributed by atoms with Crippen molar-refractivity contribution >= 4 is 11.6 Å². The Bertz CT molecular complexity index is 810. The molecule has 0 fully saturated rings. The molecule has 0 saturated carbocycles. The van der Waals surface area contributed by atoms with E-state index in [9.17, 15) is 4.39 Å². The molecule has 3 nitrogen and oxygen atoms in total. The summed E-state index contributed by atoms with van der Waals surface area (Å²) in [5.41, 5.74) is 3.07. The average molecular weight is 357 g/mol. The first-order chi connectivity index (χ1) is 12.2. The molecule has 0 aliphatic carbocycles. The summed E-state index contributed by atoms with van der Waals surface area (Å²) in [5, 5.41) is 3.75. The van der Waals surface area contributed by atoms with Gasteiger partial charge in [0, 0.05) is 31.0 Å². The Hall–Kier alpha value is -2.43. The molecule has 1 heterocycles. The highest BCUT2D eigenvalue weighted by Crippen LogP contribution is 2.20. The molecular weight excluding hydrogens is 339 g/mol. The Morgan fingerprint density at radius 2 is 1.80 bits per heavy atom. The minimum Gasteiger partial charge on any atom is -0.489 e. The maximum absolute atomic E-state index is 13.0. The minimum absolute atomic E-state index is 0.303. The monoisotopic (exact) mass is 356 g/mol. The normalized spacial score (nSPS) is 10.6. The predicted molar refractivity (Wildman–Crippen MR) is 97.0 cm³/mol. The molecule has 2 aromatic carbocycles. The van der Waals surface area contributed by atoms with Gasteiger partial charge in [0.1, 0.15) is 18.2 Å². The highest BCUT2D eigenvalue weighted by Gasteiger charge is 2.03. The molecule has 0 unspecified atom stereocenters. The molecule has 25 heavy (non-hydrogen) atoms. The van der Waals surface area contributed by atoms with Gasteiger partial charge in [-0.3, -0.25) is 4.98 Å². The van der Waals surface area contributed by atoms with Crippen molar-refractivity contribution in [3.05, 3.63) is 94.5 Å². The van der Waals surface area contributed by atoms with Crippen LogP contribution in [-0.4, -0.2) is 4.98 Å². The number of nitrogens with one attached hydrogen (secondary N) is 1. The molecule has 3 rings (SSSR count). The van der Waals surface area contributed by atoms with E-state index in [2.05, 4.69) is 10.3 Å². The van der Waals surface area contributed by atoms with Crippen LogP contribution in [0.1, 0.15) is 16.7 Å². The molecule has 0 aliphatic heterocycles. The fourth-order valence-electron chi connectivity index (χ4n) is 2.36. The number of hydrogen-bond donors (Lipinski definition) is 1. The second kappa shape index (κ2) is 8.60. The van der Waals surface area contributed by atoms with Crippen LogP contribution in [0.2, 0.25) is 5.02 Å². The van der Waals surface area contributed by atoms with E-state index in [1.54, 1.807) is 12.3 Å². The summed E-state index contributed by atoms with van der Waals surface area (Å²) in [6.45, 7) is 1.84. The van der Waals surface area contributed by atoms with Crippen LogP contribution < -0.4 is 10.1 Å². The number of nitrogens with zero attached hydrogens (tertiary/aromatic N) is 1. The van der Waals surface area contributed by atoms with Gasteiger partial charge in [-0.15, -0.1) is 0 Å². The van der Waals surface area contributed by atoms with Gasteiger partial charge in [-0.25, -0.2) is 4.39 Å². The second-order valence-electron chi connectivity index (χ2n) is 5.63. The Kier molecular flexibility index (Phi) is 5.99. The lowest BCUT2D eigenvalue weighted by molar-refractivity contribution is 0.306. The van der Waals surface area contributed by atoms with Crippen molar-refractivity contribution in [2.45, 2.75) is 19.7 Å². The van der Waals surface area contributed by atoms with Crippen LogP contribution in [-0.2, 0) is 19.7 Å². The average Bonchev–Trinajstić information content (AvgIpc) is 2.63. The van der Waals surface area contributed by atoms with E-state index in [0.717, 1.165) is 35.5 Å². The first-order valence-electron chi connectivity index (χ1n) is 7.96.